The second-order valence-electron chi connectivity index (χ2n) is 4.91. The monoisotopic (exact) mass is 313 g/mol. The Hall–Kier alpha value is -1.86. The number of hydrogen-bond acceptors (Lipinski definition) is 5. The minimum atomic E-state index is -0.340. The van der Waals surface area contributed by atoms with Gasteiger partial charge in [-0.25, -0.2) is 10.8 Å². The van der Waals surface area contributed by atoms with Crippen LogP contribution in [0.3, 0.4) is 0 Å². The normalized spacial score (nSPS) is 10.3. The average molecular weight is 314 g/mol. The van der Waals surface area contributed by atoms with Crippen molar-refractivity contribution in [2.45, 2.75) is 20.3 Å². The van der Waals surface area contributed by atoms with Crippen LogP contribution >= 0.6 is 11.6 Å². The van der Waals surface area contributed by atoms with Gasteiger partial charge in [0.1, 0.15) is 11.0 Å². The van der Waals surface area contributed by atoms with Crippen molar-refractivity contribution in [3.8, 4) is 0 Å². The molecule has 2 amide bonds. The van der Waals surface area contributed by atoms with Gasteiger partial charge >= 0.3 is 0 Å². The smallest absolute Gasteiger partial charge is 0.251 e. The van der Waals surface area contributed by atoms with Crippen LogP contribution in [-0.4, -0.2) is 29.9 Å². The number of carbonyl (C=O) groups is 2. The molecule has 1 aromatic heterocycles. The molecular formula is C13H20ClN5O2. The Morgan fingerprint density at radius 3 is 2.67 bits per heavy atom. The molecule has 1 rings (SSSR count). The van der Waals surface area contributed by atoms with Gasteiger partial charge in [0.15, 0.2) is 0 Å². The van der Waals surface area contributed by atoms with E-state index in [9.17, 15) is 9.59 Å². The molecule has 0 bridgehead atoms. The number of amides is 2. The number of hydrazine groups is 1. The molecule has 8 heteroatoms. The standard InChI is InChI=1S/C13H20ClN5O2/c1-8(2)7-17-12(20)3-4-16-13(21)9-5-10(14)18-11(6-9)19-15/h5-6,8H,3-4,7,15H2,1-2H3,(H,16,21)(H,17,20)(H,18,19). The topological polar surface area (TPSA) is 109 Å². The van der Waals surface area contributed by atoms with Crippen LogP contribution < -0.4 is 21.9 Å². The van der Waals surface area contributed by atoms with E-state index in [2.05, 4.69) is 21.0 Å². The lowest BCUT2D eigenvalue weighted by Gasteiger charge is -2.09. The van der Waals surface area contributed by atoms with Crippen LogP contribution in [0.25, 0.3) is 0 Å². The Balaban J connectivity index is 2.44. The summed E-state index contributed by atoms with van der Waals surface area (Å²) in [7, 11) is 0. The van der Waals surface area contributed by atoms with Gasteiger partial charge in [0.2, 0.25) is 5.91 Å². The van der Waals surface area contributed by atoms with Gasteiger partial charge in [-0.15, -0.1) is 0 Å². The van der Waals surface area contributed by atoms with Gasteiger partial charge in [-0.3, -0.25) is 9.59 Å². The molecule has 0 radical (unpaired) electrons. The van der Waals surface area contributed by atoms with Crippen LogP contribution in [0.2, 0.25) is 5.15 Å². The van der Waals surface area contributed by atoms with Gasteiger partial charge in [-0.05, 0) is 18.1 Å². The SMILES string of the molecule is CC(C)CNC(=O)CCNC(=O)c1cc(Cl)nc(NN)c1. The number of pyridine rings is 1. The number of aromatic nitrogens is 1. The number of hydrogen-bond donors (Lipinski definition) is 4. The van der Waals surface area contributed by atoms with E-state index in [-0.39, 0.29) is 29.9 Å². The van der Waals surface area contributed by atoms with E-state index in [1.165, 1.54) is 12.1 Å². The third-order valence-corrected chi connectivity index (χ3v) is 2.74. The zero-order chi connectivity index (χ0) is 15.8. The summed E-state index contributed by atoms with van der Waals surface area (Å²) in [5, 5.41) is 5.57. The van der Waals surface area contributed by atoms with Crippen LogP contribution in [0, 0.1) is 5.92 Å². The first kappa shape index (κ1) is 17.2. The maximum atomic E-state index is 11.9. The number of nitrogens with one attached hydrogen (secondary N) is 3. The zero-order valence-corrected chi connectivity index (χ0v) is 12.8. The van der Waals surface area contributed by atoms with Gasteiger partial charge in [0.25, 0.3) is 5.91 Å². The number of rotatable bonds is 7. The van der Waals surface area contributed by atoms with Crippen molar-refractivity contribution in [2.24, 2.45) is 11.8 Å². The summed E-state index contributed by atoms with van der Waals surface area (Å²) in [6.07, 6.45) is 0.221. The molecule has 21 heavy (non-hydrogen) atoms. The summed E-state index contributed by atoms with van der Waals surface area (Å²) >= 11 is 5.78. The lowest BCUT2D eigenvalue weighted by Crippen LogP contribution is -2.32. The highest BCUT2D eigenvalue weighted by Crippen LogP contribution is 2.13. The van der Waals surface area contributed by atoms with Crippen molar-refractivity contribution >= 4 is 29.2 Å². The summed E-state index contributed by atoms with van der Waals surface area (Å²) in [5.41, 5.74) is 2.65. The quantitative estimate of drug-likeness (QED) is 0.340. The van der Waals surface area contributed by atoms with Crippen molar-refractivity contribution < 1.29 is 9.59 Å². The molecule has 5 N–H and O–H groups in total. The van der Waals surface area contributed by atoms with Crippen LogP contribution in [0.5, 0.6) is 0 Å². The third-order valence-electron chi connectivity index (χ3n) is 2.55. The summed E-state index contributed by atoms with van der Waals surface area (Å²) in [6, 6.07) is 2.90. The lowest BCUT2D eigenvalue weighted by molar-refractivity contribution is -0.121. The average Bonchev–Trinajstić information content (AvgIpc) is 2.44. The van der Waals surface area contributed by atoms with Gasteiger partial charge in [-0.2, -0.15) is 0 Å². The molecule has 0 aromatic carbocycles. The third kappa shape index (κ3) is 6.42. The van der Waals surface area contributed by atoms with Crippen LogP contribution in [-0.2, 0) is 4.79 Å². The Bertz CT molecular complexity index is 507. The fraction of sp³-hybridized carbons (Fsp3) is 0.462. The minimum absolute atomic E-state index is 0.0962. The number of nitrogens with two attached hydrogens (primary N) is 1. The van der Waals surface area contributed by atoms with Crippen molar-refractivity contribution in [3.05, 3.63) is 22.8 Å². The van der Waals surface area contributed by atoms with E-state index in [1.54, 1.807) is 0 Å². The molecule has 0 fully saturated rings. The molecule has 116 valence electrons. The summed E-state index contributed by atoms with van der Waals surface area (Å²) < 4.78 is 0. The van der Waals surface area contributed by atoms with E-state index in [1.807, 2.05) is 13.8 Å². The minimum Gasteiger partial charge on any atom is -0.356 e. The molecule has 0 saturated carbocycles. The molecule has 0 atom stereocenters. The maximum absolute atomic E-state index is 11.9. The second kappa shape index (κ2) is 8.43. The van der Waals surface area contributed by atoms with E-state index < -0.39 is 0 Å². The highest BCUT2D eigenvalue weighted by Gasteiger charge is 2.09. The Morgan fingerprint density at radius 2 is 2.05 bits per heavy atom. The van der Waals surface area contributed by atoms with E-state index in [0.29, 0.717) is 23.8 Å². The molecule has 0 aliphatic rings. The number of anilines is 1. The first-order valence-corrected chi connectivity index (χ1v) is 6.99. The van der Waals surface area contributed by atoms with Crippen molar-refractivity contribution in [2.75, 3.05) is 18.5 Å². The van der Waals surface area contributed by atoms with Gasteiger partial charge in [0, 0.05) is 25.1 Å². The van der Waals surface area contributed by atoms with Crippen LogP contribution in [0.4, 0.5) is 5.82 Å². The molecular weight excluding hydrogens is 294 g/mol. The zero-order valence-electron chi connectivity index (χ0n) is 12.1. The molecule has 0 aliphatic carbocycles. The van der Waals surface area contributed by atoms with Crippen LogP contribution in [0.1, 0.15) is 30.6 Å². The molecule has 1 heterocycles. The predicted octanol–water partition coefficient (Wildman–Crippen LogP) is 0.913. The number of carbonyl (C=O) groups excluding carboxylic acids is 2. The summed E-state index contributed by atoms with van der Waals surface area (Å²) in [4.78, 5) is 27.3. The first-order chi connectivity index (χ1) is 9.92. The first-order valence-electron chi connectivity index (χ1n) is 6.61. The fourth-order valence-electron chi connectivity index (χ4n) is 1.50. The Morgan fingerprint density at radius 1 is 1.33 bits per heavy atom. The molecule has 0 saturated heterocycles. The van der Waals surface area contributed by atoms with E-state index >= 15 is 0 Å². The number of nitrogen functional groups attached to an aromatic ring is 1. The number of halogens is 1. The fourth-order valence-corrected chi connectivity index (χ4v) is 1.71. The number of nitrogens with zero attached hydrogens (tertiary/aromatic N) is 1. The van der Waals surface area contributed by atoms with Crippen LogP contribution in [0.15, 0.2) is 12.1 Å². The highest BCUT2D eigenvalue weighted by molar-refractivity contribution is 6.29. The predicted molar refractivity (Wildman–Crippen MR) is 81.9 cm³/mol. The van der Waals surface area contributed by atoms with Crippen molar-refractivity contribution in [3.63, 3.8) is 0 Å². The summed E-state index contributed by atoms with van der Waals surface area (Å²) in [6.45, 7) is 4.89. The largest absolute Gasteiger partial charge is 0.356 e. The van der Waals surface area contributed by atoms with E-state index in [4.69, 9.17) is 17.4 Å². The lowest BCUT2D eigenvalue weighted by atomic mass is 10.2. The van der Waals surface area contributed by atoms with Crippen molar-refractivity contribution in [1.29, 1.82) is 0 Å². The summed E-state index contributed by atoms with van der Waals surface area (Å²) in [5.74, 6) is 5.48. The molecule has 1 aromatic rings. The Kier molecular flexibility index (Phi) is 6.90. The second-order valence-corrected chi connectivity index (χ2v) is 5.30. The highest BCUT2D eigenvalue weighted by atomic mass is 35.5. The Labute approximate surface area is 128 Å². The van der Waals surface area contributed by atoms with Gasteiger partial charge in [-0.1, -0.05) is 25.4 Å². The van der Waals surface area contributed by atoms with Gasteiger partial charge < -0.3 is 16.1 Å². The molecule has 0 unspecified atom stereocenters. The van der Waals surface area contributed by atoms with Gasteiger partial charge in [0.05, 0.1) is 0 Å². The van der Waals surface area contributed by atoms with E-state index in [0.717, 1.165) is 0 Å². The maximum Gasteiger partial charge on any atom is 0.251 e. The molecule has 0 spiro atoms. The van der Waals surface area contributed by atoms with Crippen molar-refractivity contribution in [1.82, 2.24) is 15.6 Å². The molecule has 0 aliphatic heterocycles. The molecule has 7 nitrogen and oxygen atoms in total.